The van der Waals surface area contributed by atoms with Crippen molar-refractivity contribution in [3.8, 4) is 0 Å². The number of aliphatic hydroxyl groups excluding tert-OH is 2. The minimum atomic E-state index is -1.000. The molecule has 0 aromatic heterocycles. The van der Waals surface area contributed by atoms with E-state index in [2.05, 4.69) is 0 Å². The molecule has 2 fully saturated rings. The van der Waals surface area contributed by atoms with E-state index in [9.17, 15) is 10.2 Å². The van der Waals surface area contributed by atoms with Gasteiger partial charge in [0, 0.05) is 56.9 Å². The molecule has 2 unspecified atom stereocenters. The van der Waals surface area contributed by atoms with Gasteiger partial charge in [-0.1, -0.05) is 0 Å². The first kappa shape index (κ1) is 29.7. The van der Waals surface area contributed by atoms with Crippen molar-refractivity contribution in [2.24, 2.45) is 0 Å². The average Bonchev–Trinajstić information content (AvgIpc) is 2.88. The molecular formula is C22H42O12. The van der Waals surface area contributed by atoms with Gasteiger partial charge in [-0.15, -0.1) is 0 Å². The smallest absolute Gasteiger partial charge is 0.186 e. The summed E-state index contributed by atoms with van der Waals surface area (Å²) in [7, 11) is 12.1. The topological polar surface area (TPSA) is 133 Å². The van der Waals surface area contributed by atoms with Gasteiger partial charge in [-0.2, -0.15) is 0 Å². The number of aliphatic hydroxyl groups is 2. The van der Waals surface area contributed by atoms with Crippen LogP contribution in [0.5, 0.6) is 0 Å². The van der Waals surface area contributed by atoms with Crippen molar-refractivity contribution in [2.75, 3.05) is 56.9 Å². The quantitative estimate of drug-likeness (QED) is 0.333. The Labute approximate surface area is 201 Å². The molecule has 2 rings (SSSR count). The summed E-state index contributed by atoms with van der Waals surface area (Å²) in [5.41, 5.74) is 0. The van der Waals surface area contributed by atoms with E-state index in [1.807, 2.05) is 0 Å². The summed E-state index contributed by atoms with van der Waals surface area (Å²) in [5, 5.41) is 22.0. The fraction of sp³-hybridized carbons (Fsp3) is 1.00. The monoisotopic (exact) mass is 498 g/mol. The Morgan fingerprint density at radius 2 is 0.765 bits per heavy atom. The first-order valence-corrected chi connectivity index (χ1v) is 11.3. The Balaban J connectivity index is 2.10. The van der Waals surface area contributed by atoms with Gasteiger partial charge < -0.3 is 57.6 Å². The van der Waals surface area contributed by atoms with Crippen molar-refractivity contribution < 1.29 is 57.6 Å². The van der Waals surface area contributed by atoms with Crippen LogP contribution >= 0.6 is 0 Å². The highest BCUT2D eigenvalue weighted by Crippen LogP contribution is 2.33. The van der Waals surface area contributed by atoms with E-state index in [1.54, 1.807) is 0 Å². The van der Waals surface area contributed by atoms with E-state index in [4.69, 9.17) is 47.4 Å². The molecule has 2 aliphatic heterocycles. The van der Waals surface area contributed by atoms with Gasteiger partial charge in [0.05, 0.1) is 12.2 Å². The van der Waals surface area contributed by atoms with Crippen LogP contribution in [0.1, 0.15) is 12.8 Å². The maximum absolute atomic E-state index is 11.0. The van der Waals surface area contributed by atoms with E-state index in [-0.39, 0.29) is 12.8 Å². The molecule has 12 nitrogen and oxygen atoms in total. The normalized spacial score (nSPS) is 40.8. The lowest BCUT2D eigenvalue weighted by atomic mass is 9.89. The molecule has 2 aliphatic rings. The average molecular weight is 499 g/mol. The summed E-state index contributed by atoms with van der Waals surface area (Å²) in [5.74, 6) is 0. The fourth-order valence-corrected chi connectivity index (χ4v) is 4.91. The molecule has 2 heterocycles. The van der Waals surface area contributed by atoms with E-state index < -0.39 is 73.6 Å². The summed E-state index contributed by atoms with van der Waals surface area (Å²) in [4.78, 5) is 0. The van der Waals surface area contributed by atoms with Gasteiger partial charge in [0.15, 0.2) is 12.6 Å². The fourth-order valence-electron chi connectivity index (χ4n) is 4.91. The highest BCUT2D eigenvalue weighted by Gasteiger charge is 2.51. The summed E-state index contributed by atoms with van der Waals surface area (Å²) in [6.07, 6.45) is -8.12. The van der Waals surface area contributed by atoms with E-state index in [0.717, 1.165) is 0 Å². The Hall–Kier alpha value is -0.480. The van der Waals surface area contributed by atoms with Crippen molar-refractivity contribution in [1.29, 1.82) is 0 Å². The van der Waals surface area contributed by atoms with Crippen molar-refractivity contribution >= 4 is 0 Å². The van der Waals surface area contributed by atoms with Crippen LogP contribution < -0.4 is 0 Å². The van der Waals surface area contributed by atoms with Crippen LogP contribution in [0.4, 0.5) is 0 Å². The maximum Gasteiger partial charge on any atom is 0.186 e. The Kier molecular flexibility index (Phi) is 12.5. The molecule has 12 atom stereocenters. The van der Waals surface area contributed by atoms with Crippen LogP contribution in [-0.4, -0.2) is 141 Å². The standard InChI is InChI=1S/C22H42O12/c1-25-15-13(33-21(31-7)19(29-5)17(15)27-3)11(23)9-10-12(24)14-16(26-2)18(28-4)20(30-6)22(32-8)34-14/h11-24H,9-10H2,1-8H3/t11?,12?,13-,14-,15-,16-,17+,18+,19-,20-,21+,22+/m1/s1. The third-order valence-corrected chi connectivity index (χ3v) is 6.68. The van der Waals surface area contributed by atoms with Crippen LogP contribution in [-0.2, 0) is 47.4 Å². The van der Waals surface area contributed by atoms with Gasteiger partial charge in [-0.3, -0.25) is 0 Å². The summed E-state index contributed by atoms with van der Waals surface area (Å²) in [6, 6.07) is 0. The minimum Gasteiger partial charge on any atom is -0.390 e. The van der Waals surface area contributed by atoms with Gasteiger partial charge >= 0.3 is 0 Å². The third kappa shape index (κ3) is 6.25. The lowest BCUT2D eigenvalue weighted by Crippen LogP contribution is -2.63. The SMILES string of the molecule is CO[C@H]1O[C@H](C(O)CCC(O)[C@H]2O[C@H](OC)[C@H](OC)[C@@H](OC)[C@@H]2OC)[C@@H](OC)[C@H](OC)[C@H]1OC. The van der Waals surface area contributed by atoms with E-state index in [1.165, 1.54) is 56.9 Å². The molecular weight excluding hydrogens is 456 g/mol. The minimum absolute atomic E-state index is 0.176. The molecule has 0 aromatic rings. The van der Waals surface area contributed by atoms with E-state index in [0.29, 0.717) is 0 Å². The van der Waals surface area contributed by atoms with Crippen molar-refractivity contribution in [3.05, 3.63) is 0 Å². The zero-order valence-corrected chi connectivity index (χ0v) is 21.3. The lowest BCUT2D eigenvalue weighted by molar-refractivity contribution is -0.319. The van der Waals surface area contributed by atoms with Gasteiger partial charge in [0.2, 0.25) is 0 Å². The number of rotatable bonds is 13. The lowest BCUT2D eigenvalue weighted by Gasteiger charge is -2.46. The second-order valence-corrected chi connectivity index (χ2v) is 8.32. The molecule has 0 spiro atoms. The van der Waals surface area contributed by atoms with Crippen LogP contribution in [0.2, 0.25) is 0 Å². The summed E-state index contributed by atoms with van der Waals surface area (Å²) >= 11 is 0. The second-order valence-electron chi connectivity index (χ2n) is 8.32. The third-order valence-electron chi connectivity index (χ3n) is 6.68. The molecule has 0 radical (unpaired) electrons. The summed E-state index contributed by atoms with van der Waals surface area (Å²) in [6.45, 7) is 0. The Bertz CT molecular complexity index is 520. The first-order chi connectivity index (χ1) is 16.4. The molecule has 0 amide bonds. The highest BCUT2D eigenvalue weighted by atomic mass is 16.7. The van der Waals surface area contributed by atoms with Crippen LogP contribution in [0, 0.1) is 0 Å². The second kappa shape index (κ2) is 14.3. The van der Waals surface area contributed by atoms with Gasteiger partial charge in [-0.25, -0.2) is 0 Å². The van der Waals surface area contributed by atoms with Crippen molar-refractivity contribution in [1.82, 2.24) is 0 Å². The molecule has 12 heteroatoms. The zero-order valence-electron chi connectivity index (χ0n) is 21.3. The summed E-state index contributed by atoms with van der Waals surface area (Å²) < 4.78 is 56.0. The van der Waals surface area contributed by atoms with Gasteiger partial charge in [-0.05, 0) is 12.8 Å². The zero-order chi connectivity index (χ0) is 25.4. The predicted octanol–water partition coefficient (Wildman–Crippen LogP) is -0.679. The number of ether oxygens (including phenoxy) is 10. The van der Waals surface area contributed by atoms with Crippen LogP contribution in [0.3, 0.4) is 0 Å². The molecule has 34 heavy (non-hydrogen) atoms. The van der Waals surface area contributed by atoms with Crippen molar-refractivity contribution in [3.63, 3.8) is 0 Å². The number of methoxy groups -OCH3 is 8. The predicted molar refractivity (Wildman–Crippen MR) is 117 cm³/mol. The molecule has 202 valence electrons. The van der Waals surface area contributed by atoms with Crippen molar-refractivity contribution in [2.45, 2.75) is 86.5 Å². The molecule has 2 N–H and O–H groups in total. The molecule has 0 aromatic carbocycles. The van der Waals surface area contributed by atoms with Gasteiger partial charge in [0.1, 0.15) is 48.8 Å². The largest absolute Gasteiger partial charge is 0.390 e. The Morgan fingerprint density at radius 1 is 0.471 bits per heavy atom. The molecule has 0 saturated carbocycles. The highest BCUT2D eigenvalue weighted by molar-refractivity contribution is 4.97. The maximum atomic E-state index is 11.0. The molecule has 0 aliphatic carbocycles. The Morgan fingerprint density at radius 3 is 1.00 bits per heavy atom. The molecule has 2 saturated heterocycles. The molecule has 0 bridgehead atoms. The first-order valence-electron chi connectivity index (χ1n) is 11.3. The van der Waals surface area contributed by atoms with Gasteiger partial charge in [0.25, 0.3) is 0 Å². The number of hydrogen-bond donors (Lipinski definition) is 2. The van der Waals surface area contributed by atoms with Crippen LogP contribution in [0.15, 0.2) is 0 Å². The number of hydrogen-bond acceptors (Lipinski definition) is 12. The van der Waals surface area contributed by atoms with E-state index >= 15 is 0 Å². The van der Waals surface area contributed by atoms with Crippen LogP contribution in [0.25, 0.3) is 0 Å².